The number of rotatable bonds is 1. The summed E-state index contributed by atoms with van der Waals surface area (Å²) >= 11 is 0. The number of fused-ring (bicyclic) bond motifs is 1. The lowest BCUT2D eigenvalue weighted by molar-refractivity contribution is 0.874. The van der Waals surface area contributed by atoms with Crippen LogP contribution in [0.1, 0.15) is 0 Å². The Labute approximate surface area is 101 Å². The third-order valence-corrected chi connectivity index (χ3v) is 2.84. The van der Waals surface area contributed by atoms with Gasteiger partial charge in [0, 0.05) is 37.1 Å². The maximum Gasteiger partial charge on any atom is 0.334 e. The highest BCUT2D eigenvalue weighted by atomic mass is 16.2. The van der Waals surface area contributed by atoms with Crippen LogP contribution in [0.3, 0.4) is 0 Å². The van der Waals surface area contributed by atoms with Crippen LogP contribution < -0.4 is 11.2 Å². The van der Waals surface area contributed by atoms with E-state index in [1.165, 1.54) is 16.8 Å². The van der Waals surface area contributed by atoms with Crippen molar-refractivity contribution in [2.75, 3.05) is 0 Å². The predicted octanol–water partition coefficient (Wildman–Crippen LogP) is 0.412. The van der Waals surface area contributed by atoms with Crippen LogP contribution in [0.15, 0.2) is 46.4 Å². The van der Waals surface area contributed by atoms with E-state index in [0.717, 1.165) is 10.9 Å². The van der Waals surface area contributed by atoms with Crippen molar-refractivity contribution >= 4 is 10.9 Å². The molecule has 0 amide bonds. The maximum atomic E-state index is 11.8. The minimum absolute atomic E-state index is 0.420. The lowest BCUT2D eigenvalue weighted by Crippen LogP contribution is -2.28. The van der Waals surface area contributed by atoms with Crippen molar-refractivity contribution in [3.8, 4) is 5.82 Å². The Morgan fingerprint density at radius 2 is 2.00 bits per heavy atom. The van der Waals surface area contributed by atoms with Crippen molar-refractivity contribution in [2.24, 2.45) is 7.05 Å². The lowest BCUT2D eigenvalue weighted by atomic mass is 10.3. The van der Waals surface area contributed by atoms with E-state index in [2.05, 4.69) is 9.97 Å². The van der Waals surface area contributed by atoms with E-state index in [4.69, 9.17) is 0 Å². The van der Waals surface area contributed by atoms with Gasteiger partial charge < -0.3 is 4.57 Å². The second-order valence-electron chi connectivity index (χ2n) is 3.97. The molecule has 0 atom stereocenters. The smallest absolute Gasteiger partial charge is 0.334 e. The van der Waals surface area contributed by atoms with Gasteiger partial charge in [-0.1, -0.05) is 0 Å². The largest absolute Gasteiger partial charge is 0.350 e. The first-order valence-electron chi connectivity index (χ1n) is 5.39. The molecule has 0 fully saturated rings. The molecule has 3 rings (SSSR count). The quantitative estimate of drug-likeness (QED) is 0.671. The first-order valence-corrected chi connectivity index (χ1v) is 5.39. The summed E-state index contributed by atoms with van der Waals surface area (Å²) in [6.07, 6.45) is 4.96. The van der Waals surface area contributed by atoms with Crippen LogP contribution in [0, 0.1) is 0 Å². The average molecular weight is 242 g/mol. The molecule has 3 aromatic heterocycles. The monoisotopic (exact) mass is 242 g/mol. The molecule has 0 aliphatic carbocycles. The minimum Gasteiger partial charge on any atom is -0.350 e. The zero-order chi connectivity index (χ0) is 12.7. The van der Waals surface area contributed by atoms with Crippen molar-refractivity contribution in [1.82, 2.24) is 19.1 Å². The molecule has 0 aliphatic rings. The molecule has 0 aliphatic heterocycles. The molecule has 0 aromatic carbocycles. The molecule has 18 heavy (non-hydrogen) atoms. The number of aromatic nitrogens is 4. The van der Waals surface area contributed by atoms with E-state index in [1.807, 2.05) is 29.9 Å². The van der Waals surface area contributed by atoms with Crippen LogP contribution in [-0.2, 0) is 7.05 Å². The third kappa shape index (κ3) is 1.46. The van der Waals surface area contributed by atoms with E-state index < -0.39 is 11.2 Å². The summed E-state index contributed by atoms with van der Waals surface area (Å²) in [5.41, 5.74) is 0.0564. The highest BCUT2D eigenvalue weighted by Gasteiger charge is 2.08. The van der Waals surface area contributed by atoms with E-state index in [0.29, 0.717) is 5.82 Å². The molecular weight excluding hydrogens is 232 g/mol. The Hall–Kier alpha value is -2.63. The van der Waals surface area contributed by atoms with Crippen molar-refractivity contribution in [3.63, 3.8) is 0 Å². The van der Waals surface area contributed by atoms with Gasteiger partial charge in [0.25, 0.3) is 5.56 Å². The fraction of sp³-hybridized carbons (Fsp3) is 0.0833. The minimum atomic E-state index is -0.494. The van der Waals surface area contributed by atoms with Crippen LogP contribution in [0.2, 0.25) is 0 Å². The molecule has 3 heterocycles. The summed E-state index contributed by atoms with van der Waals surface area (Å²) in [6.45, 7) is 0. The van der Waals surface area contributed by atoms with Gasteiger partial charge in [-0.2, -0.15) is 0 Å². The molecule has 0 spiro atoms. The number of nitrogens with zero attached hydrogens (tertiary/aromatic N) is 3. The number of H-pyrrole nitrogens is 1. The van der Waals surface area contributed by atoms with Gasteiger partial charge in [-0.3, -0.25) is 14.3 Å². The van der Waals surface area contributed by atoms with Gasteiger partial charge in [-0.25, -0.2) is 9.78 Å². The summed E-state index contributed by atoms with van der Waals surface area (Å²) in [4.78, 5) is 29.2. The number of aromatic amines is 1. The molecule has 0 radical (unpaired) electrons. The number of nitrogens with one attached hydrogen (secondary N) is 1. The summed E-state index contributed by atoms with van der Waals surface area (Å²) in [6, 6.07) is 5.05. The Morgan fingerprint density at radius 3 is 2.78 bits per heavy atom. The summed E-state index contributed by atoms with van der Waals surface area (Å²) < 4.78 is 3.26. The first kappa shape index (κ1) is 10.5. The molecule has 0 saturated heterocycles. The van der Waals surface area contributed by atoms with Crippen molar-refractivity contribution in [1.29, 1.82) is 0 Å². The topological polar surface area (TPSA) is 72.7 Å². The Balaban J connectivity index is 2.38. The zero-order valence-corrected chi connectivity index (χ0v) is 9.62. The van der Waals surface area contributed by atoms with Gasteiger partial charge in [-0.15, -0.1) is 0 Å². The molecule has 6 nitrogen and oxygen atoms in total. The Morgan fingerprint density at radius 1 is 1.17 bits per heavy atom. The maximum absolute atomic E-state index is 11.8. The van der Waals surface area contributed by atoms with Crippen molar-refractivity contribution < 1.29 is 0 Å². The third-order valence-electron chi connectivity index (χ3n) is 2.84. The first-order chi connectivity index (χ1) is 8.66. The average Bonchev–Trinajstić information content (AvgIpc) is 2.72. The fourth-order valence-electron chi connectivity index (χ4n) is 1.96. The number of hydrogen-bond donors (Lipinski definition) is 1. The number of pyridine rings is 1. The molecule has 0 bridgehead atoms. The molecule has 90 valence electrons. The van der Waals surface area contributed by atoms with E-state index in [9.17, 15) is 9.59 Å². The highest BCUT2D eigenvalue weighted by molar-refractivity contribution is 5.86. The van der Waals surface area contributed by atoms with E-state index in [1.54, 1.807) is 6.20 Å². The Kier molecular flexibility index (Phi) is 2.16. The second-order valence-corrected chi connectivity index (χ2v) is 3.97. The summed E-state index contributed by atoms with van der Waals surface area (Å²) in [5, 5.41) is 0.856. The van der Waals surface area contributed by atoms with Crippen LogP contribution in [-0.4, -0.2) is 19.1 Å². The zero-order valence-electron chi connectivity index (χ0n) is 9.62. The van der Waals surface area contributed by atoms with Crippen molar-refractivity contribution in [2.45, 2.75) is 0 Å². The molecule has 0 unspecified atom stereocenters. The highest BCUT2D eigenvalue weighted by Crippen LogP contribution is 2.19. The van der Waals surface area contributed by atoms with Gasteiger partial charge in [0.15, 0.2) is 0 Å². The van der Waals surface area contributed by atoms with Crippen LogP contribution in [0.4, 0.5) is 0 Å². The summed E-state index contributed by atoms with van der Waals surface area (Å²) in [7, 11) is 1.92. The van der Waals surface area contributed by atoms with Gasteiger partial charge in [0.2, 0.25) is 0 Å². The van der Waals surface area contributed by atoms with E-state index >= 15 is 0 Å². The van der Waals surface area contributed by atoms with Gasteiger partial charge in [0.05, 0.1) is 5.52 Å². The normalized spacial score (nSPS) is 10.9. The second kappa shape index (κ2) is 3.69. The van der Waals surface area contributed by atoms with Crippen molar-refractivity contribution in [3.05, 3.63) is 57.6 Å². The molecule has 1 N–H and O–H groups in total. The van der Waals surface area contributed by atoms with Crippen LogP contribution in [0.25, 0.3) is 16.7 Å². The van der Waals surface area contributed by atoms with Crippen LogP contribution in [0.5, 0.6) is 0 Å². The molecular formula is C12H10N4O2. The number of hydrogen-bond acceptors (Lipinski definition) is 3. The summed E-state index contributed by atoms with van der Waals surface area (Å²) in [5.74, 6) is 0.509. The Bertz CT molecular complexity index is 841. The lowest BCUT2D eigenvalue weighted by Gasteiger charge is -2.05. The SMILES string of the molecule is Cn1ccc2c(-n3ccc(=O)[nH]c3=O)nccc21. The number of aryl methyl sites for hydroxylation is 1. The van der Waals surface area contributed by atoms with Gasteiger partial charge >= 0.3 is 5.69 Å². The molecule has 3 aromatic rings. The predicted molar refractivity (Wildman–Crippen MR) is 66.9 cm³/mol. The molecule has 0 saturated carbocycles. The van der Waals surface area contributed by atoms with E-state index in [-0.39, 0.29) is 0 Å². The molecule has 6 heteroatoms. The fourth-order valence-corrected chi connectivity index (χ4v) is 1.96. The van der Waals surface area contributed by atoms with Gasteiger partial charge in [-0.05, 0) is 12.1 Å². The van der Waals surface area contributed by atoms with Gasteiger partial charge in [0.1, 0.15) is 5.82 Å². The standard InChI is InChI=1S/C12H10N4O2/c1-15-6-3-8-9(15)2-5-13-11(8)16-7-4-10(17)14-12(16)18/h2-7H,1H3,(H,14,17,18). The van der Waals surface area contributed by atoms with Crippen LogP contribution >= 0.6 is 0 Å².